The van der Waals surface area contributed by atoms with Crippen LogP contribution in [0.1, 0.15) is 50.6 Å². The number of benzene rings is 1. The molecule has 1 aromatic rings. The van der Waals surface area contributed by atoms with Gasteiger partial charge in [-0.25, -0.2) is 0 Å². The molecule has 0 aliphatic heterocycles. The number of nitrogens with one attached hydrogen (secondary N) is 1. The molecule has 0 spiro atoms. The second-order valence-corrected chi connectivity index (χ2v) is 5.86. The van der Waals surface area contributed by atoms with Crippen molar-refractivity contribution in [3.63, 3.8) is 0 Å². The molecule has 0 bridgehead atoms. The predicted octanol–water partition coefficient (Wildman–Crippen LogP) is 3.94. The van der Waals surface area contributed by atoms with E-state index in [1.807, 2.05) is 13.1 Å². The summed E-state index contributed by atoms with van der Waals surface area (Å²) in [6, 6.07) is 8.56. The molecule has 2 unspecified atom stereocenters. The summed E-state index contributed by atoms with van der Waals surface area (Å²) in [5.74, 6) is 1.56. The number of likely N-dealkylation sites (N-methyl/N-ethyl adjacent to an activating group) is 1. The topological polar surface area (TPSA) is 30.5 Å². The van der Waals surface area contributed by atoms with Crippen LogP contribution in [0.3, 0.4) is 0 Å². The van der Waals surface area contributed by atoms with Gasteiger partial charge >= 0.3 is 0 Å². The van der Waals surface area contributed by atoms with E-state index in [9.17, 15) is 0 Å². The van der Waals surface area contributed by atoms with Crippen LogP contribution in [0, 0.1) is 5.92 Å². The van der Waals surface area contributed by atoms with E-state index in [1.54, 1.807) is 7.11 Å². The molecular weight excluding hydrogens is 262 g/mol. The Balaban J connectivity index is 2.21. The maximum atomic E-state index is 6.16. The highest BCUT2D eigenvalue weighted by Crippen LogP contribution is 2.35. The first kappa shape index (κ1) is 16.3. The Bertz CT molecular complexity index is 415. The first-order valence-corrected chi connectivity index (χ1v) is 8.23. The molecule has 1 fully saturated rings. The number of methoxy groups -OCH3 is 1. The molecule has 1 N–H and O–H groups in total. The highest BCUT2D eigenvalue weighted by atomic mass is 16.5. The Hall–Kier alpha value is -1.06. The molecule has 2 rings (SSSR count). The molecule has 3 nitrogen and oxygen atoms in total. The normalized spacial score (nSPS) is 19.2. The number of hydrogen-bond acceptors (Lipinski definition) is 3. The van der Waals surface area contributed by atoms with E-state index in [0.717, 1.165) is 12.4 Å². The Labute approximate surface area is 129 Å². The van der Waals surface area contributed by atoms with E-state index in [4.69, 9.17) is 9.47 Å². The van der Waals surface area contributed by atoms with Gasteiger partial charge in [-0.1, -0.05) is 31.4 Å². The summed E-state index contributed by atoms with van der Waals surface area (Å²) in [5, 5.41) is 3.47. The van der Waals surface area contributed by atoms with Crippen molar-refractivity contribution in [3.8, 4) is 5.75 Å². The average Bonchev–Trinajstić information content (AvgIpc) is 2.56. The minimum absolute atomic E-state index is 0.225. The lowest BCUT2D eigenvalue weighted by molar-refractivity contribution is -0.0168. The van der Waals surface area contributed by atoms with Crippen LogP contribution in [-0.2, 0) is 4.74 Å². The quantitative estimate of drug-likeness (QED) is 0.825. The molecule has 0 saturated heterocycles. The molecule has 21 heavy (non-hydrogen) atoms. The third kappa shape index (κ3) is 4.21. The van der Waals surface area contributed by atoms with Gasteiger partial charge in [0.15, 0.2) is 0 Å². The van der Waals surface area contributed by atoms with Gasteiger partial charge in [0, 0.05) is 6.61 Å². The van der Waals surface area contributed by atoms with Gasteiger partial charge in [-0.15, -0.1) is 0 Å². The van der Waals surface area contributed by atoms with Crippen molar-refractivity contribution < 1.29 is 9.47 Å². The molecule has 0 amide bonds. The molecule has 1 aliphatic carbocycles. The molecule has 1 aliphatic rings. The van der Waals surface area contributed by atoms with E-state index in [0.29, 0.717) is 5.92 Å². The molecule has 0 aromatic heterocycles. The van der Waals surface area contributed by atoms with Gasteiger partial charge < -0.3 is 14.8 Å². The van der Waals surface area contributed by atoms with Crippen LogP contribution in [0.4, 0.5) is 0 Å². The lowest BCUT2D eigenvalue weighted by atomic mass is 9.81. The van der Waals surface area contributed by atoms with Crippen LogP contribution in [0.25, 0.3) is 0 Å². The van der Waals surface area contributed by atoms with Gasteiger partial charge in [-0.3, -0.25) is 0 Å². The lowest BCUT2D eigenvalue weighted by Crippen LogP contribution is -2.38. The molecular formula is C18H29NO2. The fraction of sp³-hybridized carbons (Fsp3) is 0.667. The van der Waals surface area contributed by atoms with E-state index in [1.165, 1.54) is 37.7 Å². The summed E-state index contributed by atoms with van der Waals surface area (Å²) >= 11 is 0. The highest BCUT2D eigenvalue weighted by Gasteiger charge is 2.31. The standard InChI is InChI=1S/C18H29NO2/c1-4-21-18(14-9-6-5-7-10-14)17(19-2)15-11-8-12-16(13-15)20-3/h8,11-14,17-19H,4-7,9-10H2,1-3H3. The van der Waals surface area contributed by atoms with Crippen molar-refractivity contribution in [1.82, 2.24) is 5.32 Å². The van der Waals surface area contributed by atoms with E-state index in [-0.39, 0.29) is 12.1 Å². The number of rotatable bonds is 7. The molecule has 118 valence electrons. The summed E-state index contributed by atoms with van der Waals surface area (Å²) in [6.07, 6.45) is 6.86. The number of ether oxygens (including phenoxy) is 2. The van der Waals surface area contributed by atoms with Gasteiger partial charge in [-0.2, -0.15) is 0 Å². The van der Waals surface area contributed by atoms with Crippen LogP contribution in [0.2, 0.25) is 0 Å². The zero-order chi connectivity index (χ0) is 15.1. The van der Waals surface area contributed by atoms with Crippen molar-refractivity contribution in [3.05, 3.63) is 29.8 Å². The van der Waals surface area contributed by atoms with Gasteiger partial charge in [0.2, 0.25) is 0 Å². The van der Waals surface area contributed by atoms with Crippen LogP contribution in [0.15, 0.2) is 24.3 Å². The zero-order valence-corrected chi connectivity index (χ0v) is 13.6. The van der Waals surface area contributed by atoms with Gasteiger partial charge in [0.05, 0.1) is 19.3 Å². The Morgan fingerprint density at radius 2 is 2.00 bits per heavy atom. The summed E-state index contributed by atoms with van der Waals surface area (Å²) in [6.45, 7) is 2.86. The third-order valence-electron chi connectivity index (χ3n) is 4.57. The minimum atomic E-state index is 0.225. The lowest BCUT2D eigenvalue weighted by Gasteiger charge is -2.35. The molecule has 2 atom stereocenters. The summed E-state index contributed by atoms with van der Waals surface area (Å²) in [4.78, 5) is 0. The Kier molecular flexibility index (Phi) is 6.52. The minimum Gasteiger partial charge on any atom is -0.497 e. The fourth-order valence-electron chi connectivity index (χ4n) is 3.52. The van der Waals surface area contributed by atoms with E-state index in [2.05, 4.69) is 30.4 Å². The second kappa shape index (κ2) is 8.40. The predicted molar refractivity (Wildman–Crippen MR) is 86.8 cm³/mol. The highest BCUT2D eigenvalue weighted by molar-refractivity contribution is 5.31. The van der Waals surface area contributed by atoms with Crippen molar-refractivity contribution >= 4 is 0 Å². The maximum absolute atomic E-state index is 6.16. The van der Waals surface area contributed by atoms with Crippen LogP contribution in [0.5, 0.6) is 5.75 Å². The van der Waals surface area contributed by atoms with E-state index < -0.39 is 0 Å². The summed E-state index contributed by atoms with van der Waals surface area (Å²) < 4.78 is 11.5. The van der Waals surface area contributed by atoms with Gasteiger partial charge in [0.1, 0.15) is 5.75 Å². The monoisotopic (exact) mass is 291 g/mol. The third-order valence-corrected chi connectivity index (χ3v) is 4.57. The summed E-state index contributed by atoms with van der Waals surface area (Å²) in [7, 11) is 3.74. The SMILES string of the molecule is CCOC(C1CCCCC1)C(NC)c1cccc(OC)c1. The molecule has 0 heterocycles. The van der Waals surface area contributed by atoms with Gasteiger partial charge in [-0.05, 0) is 50.4 Å². The molecule has 0 radical (unpaired) electrons. The Morgan fingerprint density at radius 3 is 2.62 bits per heavy atom. The van der Waals surface area contributed by atoms with Crippen molar-refractivity contribution in [2.24, 2.45) is 5.92 Å². The largest absolute Gasteiger partial charge is 0.497 e. The van der Waals surface area contributed by atoms with Crippen LogP contribution < -0.4 is 10.1 Å². The first-order chi connectivity index (χ1) is 10.3. The van der Waals surface area contributed by atoms with Crippen molar-refractivity contribution in [2.75, 3.05) is 20.8 Å². The number of hydrogen-bond donors (Lipinski definition) is 1. The average molecular weight is 291 g/mol. The second-order valence-electron chi connectivity index (χ2n) is 5.86. The van der Waals surface area contributed by atoms with Gasteiger partial charge in [0.25, 0.3) is 0 Å². The zero-order valence-electron chi connectivity index (χ0n) is 13.6. The Morgan fingerprint density at radius 1 is 1.24 bits per heavy atom. The van der Waals surface area contributed by atoms with Crippen molar-refractivity contribution in [1.29, 1.82) is 0 Å². The van der Waals surface area contributed by atoms with Crippen molar-refractivity contribution in [2.45, 2.75) is 51.2 Å². The molecule has 3 heteroatoms. The van der Waals surface area contributed by atoms with Crippen LogP contribution >= 0.6 is 0 Å². The summed E-state index contributed by atoms with van der Waals surface area (Å²) in [5.41, 5.74) is 1.25. The van der Waals surface area contributed by atoms with Crippen LogP contribution in [-0.4, -0.2) is 26.9 Å². The smallest absolute Gasteiger partial charge is 0.119 e. The molecule has 1 saturated carbocycles. The first-order valence-electron chi connectivity index (χ1n) is 8.23. The fourth-order valence-corrected chi connectivity index (χ4v) is 3.52. The maximum Gasteiger partial charge on any atom is 0.119 e. The van der Waals surface area contributed by atoms with E-state index >= 15 is 0 Å². The molecule has 1 aromatic carbocycles.